The van der Waals surface area contributed by atoms with Crippen molar-refractivity contribution in [3.63, 3.8) is 0 Å². The van der Waals surface area contributed by atoms with E-state index in [-0.39, 0.29) is 6.79 Å². The molecule has 1 aliphatic rings. The summed E-state index contributed by atoms with van der Waals surface area (Å²) >= 11 is 1.26. The Morgan fingerprint density at radius 1 is 1.23 bits per heavy atom. The number of amides is 1. The number of nitrogens with one attached hydrogen (secondary N) is 1. The van der Waals surface area contributed by atoms with Crippen LogP contribution in [-0.4, -0.2) is 22.3 Å². The lowest BCUT2D eigenvalue weighted by atomic mass is 10.1. The Bertz CT molecular complexity index is 1200. The number of hydrogen-bond acceptors (Lipinski definition) is 6. The van der Waals surface area contributed by atoms with Crippen molar-refractivity contribution >= 4 is 22.4 Å². The number of ether oxygens (including phenoxy) is 2. The van der Waals surface area contributed by atoms with Gasteiger partial charge in [0.1, 0.15) is 6.54 Å². The molecule has 0 radical (unpaired) electrons. The van der Waals surface area contributed by atoms with Crippen molar-refractivity contribution in [2.45, 2.75) is 26.1 Å². The van der Waals surface area contributed by atoms with Crippen LogP contribution in [0.2, 0.25) is 0 Å². The van der Waals surface area contributed by atoms with E-state index in [9.17, 15) is 22.8 Å². The molecule has 1 aliphatic heterocycles. The third-order valence-corrected chi connectivity index (χ3v) is 5.64. The molecule has 1 N–H and O–H groups in total. The van der Waals surface area contributed by atoms with Crippen LogP contribution in [0.1, 0.15) is 21.7 Å². The molecule has 0 unspecified atom stereocenters. The molecule has 1 aromatic carbocycles. The third kappa shape index (κ3) is 4.71. The van der Waals surface area contributed by atoms with Crippen molar-refractivity contribution in [1.29, 1.82) is 0 Å². The predicted molar refractivity (Wildman–Crippen MR) is 107 cm³/mol. The van der Waals surface area contributed by atoms with Crippen LogP contribution in [-0.2, 0) is 23.9 Å². The Labute approximate surface area is 178 Å². The number of aryl methyl sites for hydroxylation is 1. The Morgan fingerprint density at radius 2 is 2.00 bits per heavy atom. The summed E-state index contributed by atoms with van der Waals surface area (Å²) in [6.07, 6.45) is -3.43. The molecule has 162 valence electrons. The summed E-state index contributed by atoms with van der Waals surface area (Å²) in [5, 5.41) is 2.85. The Hall–Kier alpha value is -3.34. The molecule has 0 aliphatic carbocycles. The third-order valence-electron chi connectivity index (χ3n) is 4.57. The van der Waals surface area contributed by atoms with Gasteiger partial charge in [-0.25, -0.2) is 4.98 Å². The largest absolute Gasteiger partial charge is 0.454 e. The molecule has 3 heterocycles. The van der Waals surface area contributed by atoms with Crippen LogP contribution >= 0.6 is 11.3 Å². The number of benzene rings is 1. The predicted octanol–water partition coefficient (Wildman–Crippen LogP) is 3.59. The molecule has 0 saturated heterocycles. The second-order valence-corrected chi connectivity index (χ2v) is 7.91. The Morgan fingerprint density at radius 3 is 2.77 bits per heavy atom. The zero-order valence-corrected chi connectivity index (χ0v) is 17.0. The van der Waals surface area contributed by atoms with Crippen molar-refractivity contribution < 1.29 is 27.4 Å². The number of thiazole rings is 1. The number of hydrogen-bond donors (Lipinski definition) is 1. The molecule has 11 heteroatoms. The molecule has 3 aromatic rings. The minimum Gasteiger partial charge on any atom is -0.454 e. The molecule has 0 saturated carbocycles. The fourth-order valence-corrected chi connectivity index (χ4v) is 4.03. The highest BCUT2D eigenvalue weighted by Gasteiger charge is 2.31. The maximum absolute atomic E-state index is 12.8. The van der Waals surface area contributed by atoms with E-state index in [1.165, 1.54) is 11.3 Å². The van der Waals surface area contributed by atoms with E-state index in [0.717, 1.165) is 16.5 Å². The van der Waals surface area contributed by atoms with E-state index in [0.29, 0.717) is 45.6 Å². The van der Waals surface area contributed by atoms with Gasteiger partial charge in [-0.1, -0.05) is 6.07 Å². The fourth-order valence-electron chi connectivity index (χ4n) is 3.02. The molecular formula is C20H16F3N3O4S. The van der Waals surface area contributed by atoms with E-state index in [2.05, 4.69) is 10.3 Å². The molecule has 0 spiro atoms. The fraction of sp³-hybridized carbons (Fsp3) is 0.250. The standard InChI is InChI=1S/C20H16F3N3O4S/c1-11-16(7-12-2-4-14-15(6-12)30-10-29-14)31-19(24-11)25-17(27)9-26-8-13(20(21,22)23)3-5-18(26)28/h2-6,8H,7,9-10H2,1H3,(H,24,25,27). The highest BCUT2D eigenvalue weighted by Crippen LogP contribution is 2.34. The maximum Gasteiger partial charge on any atom is 0.417 e. The molecule has 7 nitrogen and oxygen atoms in total. The lowest BCUT2D eigenvalue weighted by Crippen LogP contribution is -2.28. The number of nitrogens with zero attached hydrogens (tertiary/aromatic N) is 2. The summed E-state index contributed by atoms with van der Waals surface area (Å²) in [6, 6.07) is 7.07. The minimum atomic E-state index is -4.61. The van der Waals surface area contributed by atoms with Gasteiger partial charge in [0.2, 0.25) is 12.7 Å². The van der Waals surface area contributed by atoms with Crippen LogP contribution < -0.4 is 20.3 Å². The first-order valence-corrected chi connectivity index (χ1v) is 9.93. The Balaban J connectivity index is 1.45. The van der Waals surface area contributed by atoms with E-state index in [1.807, 2.05) is 18.2 Å². The monoisotopic (exact) mass is 451 g/mol. The number of anilines is 1. The summed E-state index contributed by atoms with van der Waals surface area (Å²) in [5.41, 5.74) is -0.0171. The smallest absolute Gasteiger partial charge is 0.417 e. The van der Waals surface area contributed by atoms with Crippen LogP contribution in [0.4, 0.5) is 18.3 Å². The second kappa shape index (κ2) is 8.06. The van der Waals surface area contributed by atoms with Gasteiger partial charge in [0, 0.05) is 23.6 Å². The molecule has 0 fully saturated rings. The van der Waals surface area contributed by atoms with Gasteiger partial charge < -0.3 is 19.4 Å². The zero-order valence-electron chi connectivity index (χ0n) is 16.2. The van der Waals surface area contributed by atoms with Gasteiger partial charge in [0.15, 0.2) is 16.6 Å². The van der Waals surface area contributed by atoms with Crippen LogP contribution in [0.5, 0.6) is 11.5 Å². The SMILES string of the molecule is Cc1nc(NC(=O)Cn2cc(C(F)(F)F)ccc2=O)sc1Cc1ccc2c(c1)OCO2. The molecule has 0 bridgehead atoms. The van der Waals surface area contributed by atoms with Gasteiger partial charge in [0.05, 0.1) is 11.3 Å². The summed E-state index contributed by atoms with van der Waals surface area (Å²) in [4.78, 5) is 29.3. The van der Waals surface area contributed by atoms with E-state index >= 15 is 0 Å². The second-order valence-electron chi connectivity index (χ2n) is 6.82. The van der Waals surface area contributed by atoms with Gasteiger partial charge in [-0.05, 0) is 30.7 Å². The van der Waals surface area contributed by atoms with Crippen LogP contribution in [0.3, 0.4) is 0 Å². The average Bonchev–Trinajstić information content (AvgIpc) is 3.28. The van der Waals surface area contributed by atoms with Crippen LogP contribution in [0, 0.1) is 6.92 Å². The van der Waals surface area contributed by atoms with Gasteiger partial charge in [-0.15, -0.1) is 11.3 Å². The van der Waals surface area contributed by atoms with E-state index < -0.39 is 29.8 Å². The molecule has 31 heavy (non-hydrogen) atoms. The van der Waals surface area contributed by atoms with Crippen molar-refractivity contribution in [2.24, 2.45) is 0 Å². The van der Waals surface area contributed by atoms with Gasteiger partial charge >= 0.3 is 6.18 Å². The molecule has 0 atom stereocenters. The molecule has 2 aromatic heterocycles. The van der Waals surface area contributed by atoms with Crippen LogP contribution in [0.15, 0.2) is 41.3 Å². The number of carbonyl (C=O) groups is 1. The Kier molecular flexibility index (Phi) is 5.44. The summed E-state index contributed by atoms with van der Waals surface area (Å²) < 4.78 is 49.9. The van der Waals surface area contributed by atoms with E-state index in [4.69, 9.17) is 9.47 Å². The van der Waals surface area contributed by atoms with Crippen molar-refractivity contribution in [3.05, 3.63) is 68.6 Å². The maximum atomic E-state index is 12.8. The number of pyridine rings is 1. The van der Waals surface area contributed by atoms with Crippen LogP contribution in [0.25, 0.3) is 0 Å². The van der Waals surface area contributed by atoms with E-state index in [1.54, 1.807) is 6.92 Å². The van der Waals surface area contributed by atoms with Crippen molar-refractivity contribution in [1.82, 2.24) is 9.55 Å². The number of fused-ring (bicyclic) bond motifs is 1. The van der Waals surface area contributed by atoms with Gasteiger partial charge in [-0.2, -0.15) is 13.2 Å². The highest BCUT2D eigenvalue weighted by atomic mass is 32.1. The van der Waals surface area contributed by atoms with Gasteiger partial charge in [0.25, 0.3) is 5.56 Å². The number of halogens is 3. The molecule has 1 amide bonds. The molecular weight excluding hydrogens is 435 g/mol. The summed E-state index contributed by atoms with van der Waals surface area (Å²) in [7, 11) is 0. The lowest BCUT2D eigenvalue weighted by Gasteiger charge is -2.10. The quantitative estimate of drug-likeness (QED) is 0.641. The number of aromatic nitrogens is 2. The van der Waals surface area contributed by atoms with Crippen molar-refractivity contribution in [2.75, 3.05) is 12.1 Å². The number of alkyl halides is 3. The van der Waals surface area contributed by atoms with Crippen molar-refractivity contribution in [3.8, 4) is 11.5 Å². The zero-order chi connectivity index (χ0) is 22.2. The first-order valence-electron chi connectivity index (χ1n) is 9.11. The minimum absolute atomic E-state index is 0.184. The number of carbonyl (C=O) groups excluding carboxylic acids is 1. The molecule has 4 rings (SSSR count). The summed E-state index contributed by atoms with van der Waals surface area (Å²) in [6.45, 7) is 1.42. The lowest BCUT2D eigenvalue weighted by molar-refractivity contribution is -0.138. The number of rotatable bonds is 5. The summed E-state index contributed by atoms with van der Waals surface area (Å²) in [5.74, 6) is 0.701. The van der Waals surface area contributed by atoms with Gasteiger partial charge in [-0.3, -0.25) is 9.59 Å². The first-order chi connectivity index (χ1) is 14.7. The first kappa shape index (κ1) is 20.9. The topological polar surface area (TPSA) is 82.5 Å². The normalized spacial score (nSPS) is 12.8. The highest BCUT2D eigenvalue weighted by molar-refractivity contribution is 7.15. The average molecular weight is 451 g/mol.